The minimum Gasteiger partial charge on any atom is -0.496 e. The molecule has 5 aromatic carbocycles. The van der Waals surface area contributed by atoms with Gasteiger partial charge in [-0.05, 0) is 126 Å². The fourth-order valence-electron chi connectivity index (χ4n) is 6.85. The molecule has 0 aliphatic rings. The van der Waals surface area contributed by atoms with Crippen LogP contribution in [0.5, 0.6) is 23.0 Å². The van der Waals surface area contributed by atoms with Crippen LogP contribution < -0.4 is 24.3 Å². The van der Waals surface area contributed by atoms with Crippen molar-refractivity contribution in [1.82, 2.24) is 5.32 Å². The zero-order valence-corrected chi connectivity index (χ0v) is 44.5. The summed E-state index contributed by atoms with van der Waals surface area (Å²) in [5.74, 6) is -13.1. The van der Waals surface area contributed by atoms with E-state index >= 15 is 0 Å². The first-order valence-electron chi connectivity index (χ1n) is 22.8. The van der Waals surface area contributed by atoms with Crippen molar-refractivity contribution in [3.05, 3.63) is 150 Å². The lowest BCUT2D eigenvalue weighted by Gasteiger charge is -2.20. The lowest BCUT2D eigenvalue weighted by atomic mass is 9.90. The molecule has 0 spiro atoms. The van der Waals surface area contributed by atoms with E-state index in [2.05, 4.69) is 62.8 Å². The SMILES string of the molecule is COCc1c(OC)cccc1C(=O)CNC(C)(C)C.COCc1c(OC)cccc1C(=O)OC.COCc1c(OC)cccc1C(=O)Oc1c(F)c(F)c(F)c(F)c1F.Cc1c(C)c(C)c(C)c(C)c1C.[2H]C#C. The predicted octanol–water partition coefficient (Wildman–Crippen LogP) is 11.6. The maximum absolute atomic E-state index is 13.6. The van der Waals surface area contributed by atoms with Crippen molar-refractivity contribution in [3.63, 3.8) is 0 Å². The van der Waals surface area contributed by atoms with Crippen LogP contribution >= 0.6 is 0 Å². The van der Waals surface area contributed by atoms with Crippen LogP contribution in [0.1, 0.15) is 103 Å². The zero-order chi connectivity index (χ0) is 56.6. The molecule has 0 saturated carbocycles. The Labute approximate surface area is 427 Å². The van der Waals surface area contributed by atoms with Gasteiger partial charge in [0.25, 0.3) is 0 Å². The molecule has 0 radical (unpaired) electrons. The molecule has 0 aliphatic carbocycles. The topological polar surface area (TPSA) is 137 Å². The van der Waals surface area contributed by atoms with Crippen molar-refractivity contribution in [3.8, 4) is 35.8 Å². The van der Waals surface area contributed by atoms with E-state index in [9.17, 15) is 36.3 Å². The molecule has 5 rings (SSSR count). The largest absolute Gasteiger partial charge is 0.496 e. The summed E-state index contributed by atoms with van der Waals surface area (Å²) in [4.78, 5) is 35.9. The Bertz CT molecular complexity index is 2600. The van der Waals surface area contributed by atoms with Gasteiger partial charge < -0.3 is 43.2 Å². The average molecular weight is 1030 g/mol. The number of hydrogen-bond acceptors (Lipinski definition) is 12. The molecule has 0 heterocycles. The maximum atomic E-state index is 13.6. The Morgan fingerprint density at radius 2 is 0.822 bits per heavy atom. The van der Waals surface area contributed by atoms with Crippen LogP contribution in [0.25, 0.3) is 0 Å². The van der Waals surface area contributed by atoms with Gasteiger partial charge in [-0.15, -0.1) is 12.8 Å². The van der Waals surface area contributed by atoms with E-state index in [1.165, 1.54) is 79.3 Å². The van der Waals surface area contributed by atoms with Gasteiger partial charge in [-0.2, -0.15) is 8.78 Å². The quantitative estimate of drug-likeness (QED) is 0.0203. The van der Waals surface area contributed by atoms with Gasteiger partial charge in [-0.3, -0.25) is 4.79 Å². The Kier molecular flexibility index (Phi) is 26.4. The van der Waals surface area contributed by atoms with E-state index < -0.39 is 40.8 Å². The molecule has 17 heteroatoms. The molecular formula is C56H68F5NO11. The van der Waals surface area contributed by atoms with E-state index in [1.54, 1.807) is 46.6 Å². The molecule has 0 atom stereocenters. The molecule has 0 aromatic heterocycles. The first-order valence-corrected chi connectivity index (χ1v) is 22.3. The van der Waals surface area contributed by atoms with Gasteiger partial charge >= 0.3 is 11.9 Å². The third-order valence-corrected chi connectivity index (χ3v) is 11.4. The minimum absolute atomic E-state index is 0.0425. The molecule has 0 fully saturated rings. The third kappa shape index (κ3) is 17.4. The van der Waals surface area contributed by atoms with Crippen LogP contribution in [0.2, 0.25) is 0 Å². The third-order valence-electron chi connectivity index (χ3n) is 11.4. The van der Waals surface area contributed by atoms with Crippen LogP contribution in [0, 0.1) is 83.5 Å². The van der Waals surface area contributed by atoms with Gasteiger partial charge in [0.2, 0.25) is 34.8 Å². The highest BCUT2D eigenvalue weighted by Crippen LogP contribution is 2.32. The number of halogens is 5. The molecule has 0 saturated heterocycles. The standard InChI is InChI=1S/C16H11F5O4.C15H23NO3.C12H18.C11H14O4.C2H2/c1-23-6-8-7(4-3-5-9(8)24-2)16(22)25-15-13(20)11(18)10(17)12(19)14(15)21;1-15(2,3)16-9-13(17)11-7-6-8-14(19-5)12(11)10-18-4;1-7-8(2)10(4)12(6)11(5)9(7)3;1-13-7-9-8(11(12)15-3)5-4-6-10(9)14-2;1-2/h3-5H,6H2,1-2H3;6-8,16H,9-10H2,1-5H3;1-6H3;4-6H,7H2,1-3H3;1-2H/i;;;;1D. The molecule has 0 bridgehead atoms. The Morgan fingerprint density at radius 3 is 1.12 bits per heavy atom. The van der Waals surface area contributed by atoms with Crippen molar-refractivity contribution < 1.29 is 75.6 Å². The molecule has 0 unspecified atom stereocenters. The molecular weight excluding hydrogens is 958 g/mol. The normalized spacial score (nSPS) is 10.5. The molecule has 0 amide bonds. The van der Waals surface area contributed by atoms with Crippen LogP contribution in [0.3, 0.4) is 0 Å². The number of ketones is 1. The van der Waals surface area contributed by atoms with E-state index in [4.69, 9.17) is 29.8 Å². The zero-order valence-electron chi connectivity index (χ0n) is 45.5. The molecule has 12 nitrogen and oxygen atoms in total. The summed E-state index contributed by atoms with van der Waals surface area (Å²) in [7, 11) is 10.3. The van der Waals surface area contributed by atoms with Crippen molar-refractivity contribution in [2.24, 2.45) is 0 Å². The van der Waals surface area contributed by atoms with Gasteiger partial charge in [0.05, 0.1) is 65.9 Å². The summed E-state index contributed by atoms with van der Waals surface area (Å²) in [5.41, 5.74) is 11.2. The van der Waals surface area contributed by atoms with Crippen molar-refractivity contribution >= 4 is 17.7 Å². The number of hydrogen-bond donors (Lipinski definition) is 1. The highest BCUT2D eigenvalue weighted by Gasteiger charge is 2.30. The van der Waals surface area contributed by atoms with Crippen LogP contribution in [-0.4, -0.2) is 79.6 Å². The highest BCUT2D eigenvalue weighted by atomic mass is 19.2. The van der Waals surface area contributed by atoms with E-state index in [0.717, 1.165) is 5.56 Å². The Balaban J connectivity index is 0.000000500. The number of carbonyl (C=O) groups excluding carboxylic acids is 3. The smallest absolute Gasteiger partial charge is 0.344 e. The molecule has 1 N–H and O–H groups in total. The van der Waals surface area contributed by atoms with Crippen LogP contribution in [0.4, 0.5) is 22.0 Å². The van der Waals surface area contributed by atoms with Gasteiger partial charge in [0.1, 0.15) is 18.6 Å². The number of rotatable bonds is 15. The molecule has 398 valence electrons. The van der Waals surface area contributed by atoms with Gasteiger partial charge in [-0.1, -0.05) is 24.3 Å². The number of Topliss-reactive ketones (excluding diaryl/α,β-unsaturated/α-hetero) is 1. The fraction of sp³-hybridized carbons (Fsp3) is 0.375. The second-order valence-corrected chi connectivity index (χ2v) is 16.8. The summed E-state index contributed by atoms with van der Waals surface area (Å²) in [6, 6.07) is 14.8. The fourth-order valence-corrected chi connectivity index (χ4v) is 6.85. The van der Waals surface area contributed by atoms with Crippen LogP contribution in [0.15, 0.2) is 54.6 Å². The number of benzene rings is 5. The van der Waals surface area contributed by atoms with Gasteiger partial charge in [-0.25, -0.2) is 22.8 Å². The number of terminal acetylenes is 1. The van der Waals surface area contributed by atoms with Gasteiger partial charge in [0, 0.05) is 49.1 Å². The number of nitrogens with one attached hydrogen (secondary N) is 1. The maximum Gasteiger partial charge on any atom is 0.344 e. The molecule has 5 aromatic rings. The molecule has 73 heavy (non-hydrogen) atoms. The Hall–Kier alpha value is -6.84. The molecule has 0 aliphatic heterocycles. The highest BCUT2D eigenvalue weighted by molar-refractivity contribution is 5.99. The number of esters is 2. The summed E-state index contributed by atoms with van der Waals surface area (Å²) in [5, 5.41) is 3.20. The average Bonchev–Trinajstić information content (AvgIpc) is 3.39. The van der Waals surface area contributed by atoms with Crippen molar-refractivity contribution in [2.45, 2.75) is 87.7 Å². The Morgan fingerprint density at radius 1 is 0.521 bits per heavy atom. The van der Waals surface area contributed by atoms with E-state index in [0.29, 0.717) is 47.9 Å². The van der Waals surface area contributed by atoms with E-state index in [-0.39, 0.29) is 40.8 Å². The second-order valence-electron chi connectivity index (χ2n) is 16.8. The minimum atomic E-state index is -2.35. The lowest BCUT2D eigenvalue weighted by molar-refractivity contribution is 0.0594. The van der Waals surface area contributed by atoms with E-state index in [1.807, 2.05) is 39.0 Å². The summed E-state index contributed by atoms with van der Waals surface area (Å²) < 4.78 is 112. The first-order chi connectivity index (χ1) is 34.8. The number of carbonyl (C=O) groups is 3. The summed E-state index contributed by atoms with van der Waals surface area (Å²) >= 11 is 0. The first kappa shape index (κ1) is 62.3. The van der Waals surface area contributed by atoms with Gasteiger partial charge in [0.15, 0.2) is 5.78 Å². The number of ether oxygens (including phenoxy) is 8. The monoisotopic (exact) mass is 1030 g/mol. The summed E-state index contributed by atoms with van der Waals surface area (Å²) in [6.07, 6.45) is 5.76. The van der Waals surface area contributed by atoms with Crippen molar-refractivity contribution in [1.29, 1.82) is 0 Å². The lowest BCUT2D eigenvalue weighted by Crippen LogP contribution is -2.39. The second kappa shape index (κ2) is 30.9. The van der Waals surface area contributed by atoms with Crippen LogP contribution in [-0.2, 0) is 38.8 Å². The van der Waals surface area contributed by atoms with Crippen molar-refractivity contribution in [2.75, 3.05) is 56.3 Å². The predicted molar refractivity (Wildman–Crippen MR) is 270 cm³/mol. The summed E-state index contributed by atoms with van der Waals surface area (Å²) in [6.45, 7) is 20.2. The number of methoxy groups -OCH3 is 7.